The Kier molecular flexibility index (Phi) is 14.1. The lowest BCUT2D eigenvalue weighted by molar-refractivity contribution is -0.211. The zero-order valence-electron chi connectivity index (χ0n) is 16.5. The van der Waals surface area contributed by atoms with Crippen LogP contribution in [0.15, 0.2) is 12.2 Å². The van der Waals surface area contributed by atoms with E-state index in [9.17, 15) is 15.3 Å². The molecule has 0 unspecified atom stereocenters. The molecule has 4 atom stereocenters. The minimum Gasteiger partial charge on any atom is -0.394 e. The fourth-order valence-corrected chi connectivity index (χ4v) is 3.32. The van der Waals surface area contributed by atoms with Gasteiger partial charge >= 0.3 is 0 Å². The van der Waals surface area contributed by atoms with Gasteiger partial charge in [-0.3, -0.25) is 0 Å². The number of rotatable bonds is 15. The topological polar surface area (TPSA) is 79.2 Å². The Morgan fingerprint density at radius 3 is 2.15 bits per heavy atom. The van der Waals surface area contributed by atoms with Crippen LogP contribution in [-0.2, 0) is 9.47 Å². The van der Waals surface area contributed by atoms with Gasteiger partial charge in [-0.2, -0.15) is 0 Å². The summed E-state index contributed by atoms with van der Waals surface area (Å²) in [5, 5.41) is 28.9. The molecule has 0 radical (unpaired) electrons. The van der Waals surface area contributed by atoms with Crippen LogP contribution in [0.3, 0.4) is 0 Å². The molecule has 1 aliphatic rings. The number of ether oxygens (including phenoxy) is 2. The summed E-state index contributed by atoms with van der Waals surface area (Å²) in [6.07, 6.45) is 14.9. The van der Waals surface area contributed by atoms with Gasteiger partial charge < -0.3 is 24.8 Å². The van der Waals surface area contributed by atoms with E-state index in [2.05, 4.69) is 19.1 Å². The third-order valence-corrected chi connectivity index (χ3v) is 4.99. The lowest BCUT2D eigenvalue weighted by Crippen LogP contribution is -2.55. The average molecular weight is 373 g/mol. The molecule has 0 aromatic carbocycles. The lowest BCUT2D eigenvalue weighted by Gasteiger charge is -2.37. The van der Waals surface area contributed by atoms with Gasteiger partial charge in [-0.05, 0) is 25.7 Å². The minimum absolute atomic E-state index is 0.0433. The molecule has 1 fully saturated rings. The zero-order chi connectivity index (χ0) is 19.0. The molecule has 0 spiro atoms. The van der Waals surface area contributed by atoms with E-state index in [-0.39, 0.29) is 13.2 Å². The summed E-state index contributed by atoms with van der Waals surface area (Å²) in [6.45, 7) is 2.54. The first-order valence-corrected chi connectivity index (χ1v) is 10.6. The van der Waals surface area contributed by atoms with E-state index in [4.69, 9.17) is 9.47 Å². The number of unbranched alkanes of at least 4 members (excludes halogenated alkanes) is 9. The number of aliphatic hydroxyl groups is 3. The van der Waals surface area contributed by atoms with Gasteiger partial charge in [-0.25, -0.2) is 0 Å². The van der Waals surface area contributed by atoms with E-state index in [1.54, 1.807) is 0 Å². The molecule has 1 saturated heterocycles. The van der Waals surface area contributed by atoms with Crippen molar-refractivity contribution in [3.05, 3.63) is 12.2 Å². The van der Waals surface area contributed by atoms with Crippen LogP contribution >= 0.6 is 0 Å². The quantitative estimate of drug-likeness (QED) is 0.303. The first kappa shape index (κ1) is 23.6. The first-order chi connectivity index (χ1) is 12.7. The molecule has 1 heterocycles. The summed E-state index contributed by atoms with van der Waals surface area (Å²) < 4.78 is 11.0. The number of hydrogen-bond acceptors (Lipinski definition) is 5. The highest BCUT2D eigenvalue weighted by Crippen LogP contribution is 2.19. The van der Waals surface area contributed by atoms with Crippen LogP contribution in [0.2, 0.25) is 0 Å². The third kappa shape index (κ3) is 10.0. The zero-order valence-corrected chi connectivity index (χ0v) is 16.5. The Bertz CT molecular complexity index is 345. The Hall–Kier alpha value is -0.460. The molecule has 1 aliphatic heterocycles. The molecule has 0 bridgehead atoms. The highest BCUT2D eigenvalue weighted by molar-refractivity contribution is 4.87. The maximum atomic E-state index is 9.97. The van der Waals surface area contributed by atoms with E-state index in [1.165, 1.54) is 51.4 Å². The Morgan fingerprint density at radius 2 is 1.54 bits per heavy atom. The molecule has 0 amide bonds. The van der Waals surface area contributed by atoms with Crippen LogP contribution in [0.25, 0.3) is 0 Å². The molecule has 0 aliphatic carbocycles. The molecule has 0 aromatic heterocycles. The van der Waals surface area contributed by atoms with Crippen LogP contribution in [0.5, 0.6) is 0 Å². The van der Waals surface area contributed by atoms with Gasteiger partial charge in [0.25, 0.3) is 0 Å². The molecular formula is C21H40O5. The summed E-state index contributed by atoms with van der Waals surface area (Å²) in [5.74, 6) is 0. The predicted octanol–water partition coefficient (Wildman–Crippen LogP) is 3.35. The summed E-state index contributed by atoms with van der Waals surface area (Å²) in [6, 6.07) is 0. The van der Waals surface area contributed by atoms with E-state index < -0.39 is 24.4 Å². The summed E-state index contributed by atoms with van der Waals surface area (Å²) in [4.78, 5) is 0. The van der Waals surface area contributed by atoms with Gasteiger partial charge in [-0.1, -0.05) is 64.0 Å². The molecule has 5 nitrogen and oxygen atoms in total. The van der Waals surface area contributed by atoms with Crippen molar-refractivity contribution in [3.8, 4) is 0 Å². The summed E-state index contributed by atoms with van der Waals surface area (Å²) in [7, 11) is 0. The van der Waals surface area contributed by atoms with Gasteiger partial charge in [0.2, 0.25) is 0 Å². The fraction of sp³-hybridized carbons (Fsp3) is 0.905. The Labute approximate surface area is 159 Å². The van der Waals surface area contributed by atoms with Crippen molar-refractivity contribution < 1.29 is 24.8 Å². The van der Waals surface area contributed by atoms with Gasteiger partial charge in [0, 0.05) is 6.61 Å². The smallest absolute Gasteiger partial charge is 0.114 e. The highest BCUT2D eigenvalue weighted by atomic mass is 16.6. The predicted molar refractivity (Wildman–Crippen MR) is 104 cm³/mol. The van der Waals surface area contributed by atoms with E-state index in [1.807, 2.05) is 0 Å². The standard InChI is InChI=1S/C21H40O5/c1-2-3-4-5-6-7-8-9-10-11-12-13-14-15-25-21-19(16-22)26-17-18(23)20(21)24/h3-4,18-24H,2,5-17H2,1H3/b4-3+/t18-,19+,20+,21+/m0/s1. The maximum absolute atomic E-state index is 9.97. The van der Waals surface area contributed by atoms with Crippen LogP contribution in [0, 0.1) is 0 Å². The molecule has 154 valence electrons. The monoisotopic (exact) mass is 372 g/mol. The number of allylic oxidation sites excluding steroid dienone is 2. The van der Waals surface area contributed by atoms with Crippen molar-refractivity contribution in [3.63, 3.8) is 0 Å². The third-order valence-electron chi connectivity index (χ3n) is 4.99. The van der Waals surface area contributed by atoms with Crippen LogP contribution in [-0.4, -0.2) is 59.6 Å². The number of aliphatic hydroxyl groups excluding tert-OH is 3. The molecule has 0 saturated carbocycles. The van der Waals surface area contributed by atoms with Gasteiger partial charge in [0.15, 0.2) is 0 Å². The largest absolute Gasteiger partial charge is 0.394 e. The number of hydrogen-bond donors (Lipinski definition) is 3. The van der Waals surface area contributed by atoms with Crippen LogP contribution in [0.4, 0.5) is 0 Å². The van der Waals surface area contributed by atoms with E-state index in [0.29, 0.717) is 6.61 Å². The minimum atomic E-state index is -0.988. The molecule has 26 heavy (non-hydrogen) atoms. The Morgan fingerprint density at radius 1 is 0.923 bits per heavy atom. The van der Waals surface area contributed by atoms with Crippen molar-refractivity contribution in [2.24, 2.45) is 0 Å². The summed E-state index contributed by atoms with van der Waals surface area (Å²) >= 11 is 0. The summed E-state index contributed by atoms with van der Waals surface area (Å²) in [5.41, 5.74) is 0. The lowest BCUT2D eigenvalue weighted by atomic mass is 10.0. The SMILES string of the molecule is CC/C=C/CCCCCCCCCCCO[C@H]1[C@H](O)[C@@H](O)CO[C@@H]1CO. The van der Waals surface area contributed by atoms with Crippen molar-refractivity contribution in [1.82, 2.24) is 0 Å². The van der Waals surface area contributed by atoms with Crippen LogP contribution < -0.4 is 0 Å². The van der Waals surface area contributed by atoms with Gasteiger partial charge in [0.1, 0.15) is 24.4 Å². The molecule has 1 rings (SSSR count). The van der Waals surface area contributed by atoms with Crippen molar-refractivity contribution in [1.29, 1.82) is 0 Å². The molecule has 0 aromatic rings. The first-order valence-electron chi connectivity index (χ1n) is 10.6. The van der Waals surface area contributed by atoms with Crippen molar-refractivity contribution >= 4 is 0 Å². The van der Waals surface area contributed by atoms with Crippen molar-refractivity contribution in [2.45, 2.75) is 102 Å². The van der Waals surface area contributed by atoms with Crippen molar-refractivity contribution in [2.75, 3.05) is 19.8 Å². The normalized spacial score (nSPS) is 26.6. The van der Waals surface area contributed by atoms with Gasteiger partial charge in [-0.15, -0.1) is 0 Å². The Balaban J connectivity index is 1.92. The van der Waals surface area contributed by atoms with E-state index in [0.717, 1.165) is 19.3 Å². The second-order valence-electron chi connectivity index (χ2n) is 7.30. The van der Waals surface area contributed by atoms with Crippen LogP contribution in [0.1, 0.15) is 77.6 Å². The maximum Gasteiger partial charge on any atom is 0.114 e. The highest BCUT2D eigenvalue weighted by Gasteiger charge is 2.39. The molecule has 5 heteroatoms. The van der Waals surface area contributed by atoms with Gasteiger partial charge in [0.05, 0.1) is 13.2 Å². The second kappa shape index (κ2) is 15.6. The molecule has 3 N–H and O–H groups in total. The average Bonchev–Trinajstić information content (AvgIpc) is 2.65. The second-order valence-corrected chi connectivity index (χ2v) is 7.30. The molecular weight excluding hydrogens is 332 g/mol. The van der Waals surface area contributed by atoms with E-state index >= 15 is 0 Å². The fourth-order valence-electron chi connectivity index (χ4n) is 3.32.